The normalized spacial score (nSPS) is 14.2. The maximum Gasteiger partial charge on any atom is 0.142 e. The summed E-state index contributed by atoms with van der Waals surface area (Å²) in [4.78, 5) is 12.8. The maximum absolute atomic E-state index is 12.8. The molecule has 0 saturated carbocycles. The number of ketones is 1. The van der Waals surface area contributed by atoms with Crippen LogP contribution in [0.3, 0.4) is 0 Å². The van der Waals surface area contributed by atoms with Crippen molar-refractivity contribution in [2.24, 2.45) is 16.7 Å². The molecule has 1 nitrogen and oxygen atoms in total. The second kappa shape index (κ2) is 5.90. The van der Waals surface area contributed by atoms with Crippen molar-refractivity contribution in [3.8, 4) is 0 Å². The Morgan fingerprint density at radius 3 is 2.11 bits per heavy atom. The van der Waals surface area contributed by atoms with Crippen LogP contribution in [-0.4, -0.2) is 5.78 Å². The Balaban J connectivity index is 2.83. The zero-order chi connectivity index (χ0) is 14.7. The predicted octanol–water partition coefficient (Wildman–Crippen LogP) is 4.90. The van der Waals surface area contributed by atoms with E-state index < -0.39 is 0 Å². The van der Waals surface area contributed by atoms with Crippen molar-refractivity contribution in [3.63, 3.8) is 0 Å². The molecule has 1 heteroatoms. The van der Waals surface area contributed by atoms with Gasteiger partial charge in [0.25, 0.3) is 0 Å². The fraction of sp³-hybridized carbons (Fsp3) is 0.611. The molecule has 1 rings (SSSR count). The molecule has 0 unspecified atom stereocenters. The van der Waals surface area contributed by atoms with Gasteiger partial charge in [0.1, 0.15) is 5.78 Å². The number of carbonyl (C=O) groups is 1. The molecule has 0 spiro atoms. The van der Waals surface area contributed by atoms with Crippen molar-refractivity contribution in [1.29, 1.82) is 0 Å². The minimum atomic E-state index is -0.282. The van der Waals surface area contributed by atoms with Crippen molar-refractivity contribution in [2.45, 2.75) is 54.4 Å². The molecular formula is C18H28O. The second-order valence-corrected chi connectivity index (χ2v) is 6.82. The van der Waals surface area contributed by atoms with Gasteiger partial charge in [-0.3, -0.25) is 4.79 Å². The molecule has 0 radical (unpaired) electrons. The van der Waals surface area contributed by atoms with Crippen molar-refractivity contribution in [1.82, 2.24) is 0 Å². The third-order valence-corrected chi connectivity index (χ3v) is 5.02. The standard InChI is InChI=1S/C18H28O/c1-7-17(3,4)18(5,6)16(19)14(2)13-15-11-9-8-10-12-15/h8-12,14H,7,13H2,1-6H3/t14-/m1/s1. The van der Waals surface area contributed by atoms with Gasteiger partial charge in [0.2, 0.25) is 0 Å². The lowest BCUT2D eigenvalue weighted by Gasteiger charge is -2.41. The molecule has 106 valence electrons. The molecular weight excluding hydrogens is 232 g/mol. The first-order valence-electron chi connectivity index (χ1n) is 7.30. The van der Waals surface area contributed by atoms with Crippen molar-refractivity contribution < 1.29 is 4.79 Å². The molecule has 0 saturated heterocycles. The Hall–Kier alpha value is -1.11. The van der Waals surface area contributed by atoms with Crippen LogP contribution in [0.25, 0.3) is 0 Å². The van der Waals surface area contributed by atoms with Crippen LogP contribution >= 0.6 is 0 Å². The first-order chi connectivity index (χ1) is 8.72. The summed E-state index contributed by atoms with van der Waals surface area (Å²) in [5, 5.41) is 0. The van der Waals surface area contributed by atoms with Gasteiger partial charge in [0.05, 0.1) is 0 Å². The van der Waals surface area contributed by atoms with Crippen LogP contribution in [0, 0.1) is 16.7 Å². The van der Waals surface area contributed by atoms with Crippen LogP contribution in [0.1, 0.15) is 53.5 Å². The Labute approximate surface area is 118 Å². The molecule has 1 atom stereocenters. The number of carbonyl (C=O) groups excluding carboxylic acids is 1. The van der Waals surface area contributed by atoms with E-state index in [9.17, 15) is 4.79 Å². The second-order valence-electron chi connectivity index (χ2n) is 6.82. The molecule has 19 heavy (non-hydrogen) atoms. The minimum absolute atomic E-state index is 0.0367. The minimum Gasteiger partial charge on any atom is -0.299 e. The summed E-state index contributed by atoms with van der Waals surface area (Å²) < 4.78 is 0. The topological polar surface area (TPSA) is 17.1 Å². The highest BCUT2D eigenvalue weighted by Gasteiger charge is 2.43. The molecule has 0 aliphatic carbocycles. The maximum atomic E-state index is 12.8. The molecule has 0 aromatic heterocycles. The summed E-state index contributed by atoms with van der Waals surface area (Å²) >= 11 is 0. The van der Waals surface area contributed by atoms with Crippen LogP contribution in [0.4, 0.5) is 0 Å². The third kappa shape index (κ3) is 3.46. The van der Waals surface area contributed by atoms with E-state index in [1.54, 1.807) is 0 Å². The van der Waals surface area contributed by atoms with Gasteiger partial charge < -0.3 is 0 Å². The first-order valence-corrected chi connectivity index (χ1v) is 7.30. The van der Waals surface area contributed by atoms with Crippen LogP contribution in [-0.2, 0) is 11.2 Å². The summed E-state index contributed by atoms with van der Waals surface area (Å²) in [5.74, 6) is 0.450. The van der Waals surface area contributed by atoms with Gasteiger partial charge in [-0.2, -0.15) is 0 Å². The quantitative estimate of drug-likeness (QED) is 0.711. The van der Waals surface area contributed by atoms with Crippen LogP contribution in [0.15, 0.2) is 30.3 Å². The number of benzene rings is 1. The lowest BCUT2D eigenvalue weighted by atomic mass is 9.62. The summed E-state index contributed by atoms with van der Waals surface area (Å²) in [6.07, 6.45) is 1.85. The van der Waals surface area contributed by atoms with Crippen LogP contribution in [0.2, 0.25) is 0 Å². The van der Waals surface area contributed by atoms with E-state index >= 15 is 0 Å². The van der Waals surface area contributed by atoms with Crippen LogP contribution < -0.4 is 0 Å². The molecule has 0 amide bonds. The van der Waals surface area contributed by atoms with E-state index in [0.29, 0.717) is 5.78 Å². The average Bonchev–Trinajstić information content (AvgIpc) is 2.38. The van der Waals surface area contributed by atoms with Gasteiger partial charge >= 0.3 is 0 Å². The van der Waals surface area contributed by atoms with Gasteiger partial charge in [-0.05, 0) is 17.4 Å². The number of Topliss-reactive ketones (excluding diaryl/α,β-unsaturated/α-hetero) is 1. The first kappa shape index (κ1) is 15.9. The fourth-order valence-electron chi connectivity index (χ4n) is 2.45. The van der Waals surface area contributed by atoms with E-state index in [-0.39, 0.29) is 16.7 Å². The monoisotopic (exact) mass is 260 g/mol. The van der Waals surface area contributed by atoms with Gasteiger partial charge in [0, 0.05) is 11.3 Å². The summed E-state index contributed by atoms with van der Waals surface area (Å²) in [7, 11) is 0. The molecule has 0 N–H and O–H groups in total. The van der Waals surface area contributed by atoms with Crippen molar-refractivity contribution in [2.75, 3.05) is 0 Å². The smallest absolute Gasteiger partial charge is 0.142 e. The predicted molar refractivity (Wildman–Crippen MR) is 82.2 cm³/mol. The van der Waals surface area contributed by atoms with E-state index in [1.165, 1.54) is 5.56 Å². The molecule has 1 aromatic carbocycles. The van der Waals surface area contributed by atoms with E-state index in [1.807, 2.05) is 18.2 Å². The highest BCUT2D eigenvalue weighted by Crippen LogP contribution is 2.43. The van der Waals surface area contributed by atoms with Crippen molar-refractivity contribution in [3.05, 3.63) is 35.9 Å². The third-order valence-electron chi connectivity index (χ3n) is 5.02. The summed E-state index contributed by atoms with van der Waals surface area (Å²) in [5.41, 5.74) is 0.999. The molecule has 0 aliphatic rings. The molecule has 0 heterocycles. The van der Waals surface area contributed by atoms with Gasteiger partial charge in [-0.1, -0.05) is 78.3 Å². The molecule has 0 fully saturated rings. The highest BCUT2D eigenvalue weighted by atomic mass is 16.1. The number of hydrogen-bond acceptors (Lipinski definition) is 1. The van der Waals surface area contributed by atoms with E-state index in [2.05, 4.69) is 53.7 Å². The Bertz CT molecular complexity index is 415. The molecule has 0 aliphatic heterocycles. The van der Waals surface area contributed by atoms with E-state index in [0.717, 1.165) is 12.8 Å². The molecule has 0 bridgehead atoms. The molecule has 1 aromatic rings. The van der Waals surface area contributed by atoms with Gasteiger partial charge in [0.15, 0.2) is 0 Å². The van der Waals surface area contributed by atoms with Crippen molar-refractivity contribution >= 4 is 5.78 Å². The lowest BCUT2D eigenvalue weighted by Crippen LogP contribution is -2.42. The highest BCUT2D eigenvalue weighted by molar-refractivity contribution is 5.87. The summed E-state index contributed by atoms with van der Waals surface area (Å²) in [6.45, 7) is 12.8. The SMILES string of the molecule is CCC(C)(C)C(C)(C)C(=O)[C@H](C)Cc1ccccc1. The average molecular weight is 260 g/mol. The zero-order valence-corrected chi connectivity index (χ0v) is 13.3. The van der Waals surface area contributed by atoms with Crippen LogP contribution in [0.5, 0.6) is 0 Å². The number of rotatable bonds is 6. The zero-order valence-electron chi connectivity index (χ0n) is 13.3. The number of hydrogen-bond donors (Lipinski definition) is 0. The summed E-state index contributed by atoms with van der Waals surface area (Å²) in [6, 6.07) is 10.3. The van der Waals surface area contributed by atoms with E-state index in [4.69, 9.17) is 0 Å². The van der Waals surface area contributed by atoms with Gasteiger partial charge in [-0.15, -0.1) is 0 Å². The fourth-order valence-corrected chi connectivity index (χ4v) is 2.45. The van der Waals surface area contributed by atoms with Gasteiger partial charge in [-0.25, -0.2) is 0 Å². The Morgan fingerprint density at radius 2 is 1.63 bits per heavy atom. The largest absolute Gasteiger partial charge is 0.299 e. The Kier molecular flexibility index (Phi) is 4.95. The Morgan fingerprint density at radius 1 is 1.11 bits per heavy atom. The lowest BCUT2D eigenvalue weighted by molar-refractivity contribution is -0.137.